The number of anilines is 2. The van der Waals surface area contributed by atoms with Crippen molar-refractivity contribution >= 4 is 43.2 Å². The Labute approximate surface area is 168 Å². The second-order valence-electron chi connectivity index (χ2n) is 7.56. The predicted molar refractivity (Wildman–Crippen MR) is 113 cm³/mol. The zero-order valence-corrected chi connectivity index (χ0v) is 18.5. The molecule has 1 saturated carbocycles. The van der Waals surface area contributed by atoms with Gasteiger partial charge in [-0.1, -0.05) is 33.1 Å². The highest BCUT2D eigenvalue weighted by Crippen LogP contribution is 2.48. The standard InChI is InChI=1S/C20H30Br2N2O/c1-3-5-6-14(4-2)13-25-15-9-11-20(12-10-15)23-18-16(21)7-8-17(22)19(18)24-20/h7-8,14-15,23-24H,3-6,9-13H2,1-2H3. The summed E-state index contributed by atoms with van der Waals surface area (Å²) in [5, 5.41) is 7.48. The predicted octanol–water partition coefficient (Wildman–Crippen LogP) is 6.92. The summed E-state index contributed by atoms with van der Waals surface area (Å²) in [5.41, 5.74) is 2.35. The lowest BCUT2D eigenvalue weighted by Gasteiger charge is -2.38. The lowest BCUT2D eigenvalue weighted by atomic mass is 9.87. The molecule has 1 fully saturated rings. The van der Waals surface area contributed by atoms with E-state index in [4.69, 9.17) is 4.74 Å². The molecule has 3 rings (SSSR count). The SMILES string of the molecule is CCCCC(CC)COC1CCC2(CC1)Nc1c(Br)ccc(Br)c1N2. The fourth-order valence-electron chi connectivity index (χ4n) is 3.98. The maximum atomic E-state index is 6.29. The summed E-state index contributed by atoms with van der Waals surface area (Å²) in [6.07, 6.45) is 9.99. The second-order valence-corrected chi connectivity index (χ2v) is 9.27. The lowest BCUT2D eigenvalue weighted by molar-refractivity contribution is -0.00215. The highest BCUT2D eigenvalue weighted by Gasteiger charge is 2.41. The summed E-state index contributed by atoms with van der Waals surface area (Å²) < 4.78 is 8.53. The highest BCUT2D eigenvalue weighted by atomic mass is 79.9. The molecule has 0 saturated heterocycles. The van der Waals surface area contributed by atoms with Crippen molar-refractivity contribution in [3.8, 4) is 0 Å². The van der Waals surface area contributed by atoms with E-state index in [1.54, 1.807) is 0 Å². The Balaban J connectivity index is 1.51. The van der Waals surface area contributed by atoms with Gasteiger partial charge in [0.15, 0.2) is 0 Å². The van der Waals surface area contributed by atoms with Gasteiger partial charge in [0, 0.05) is 15.6 Å². The normalized spacial score (nSPS) is 20.2. The fourth-order valence-corrected chi connectivity index (χ4v) is 4.84. The minimum atomic E-state index is -0.0129. The van der Waals surface area contributed by atoms with E-state index in [-0.39, 0.29) is 5.66 Å². The number of unbranched alkanes of at least 4 members (excludes halogenated alkanes) is 1. The number of hydrogen-bond donors (Lipinski definition) is 2. The van der Waals surface area contributed by atoms with E-state index in [2.05, 4.69) is 68.5 Å². The number of halogens is 2. The topological polar surface area (TPSA) is 33.3 Å². The average molecular weight is 474 g/mol. The molecule has 3 nitrogen and oxygen atoms in total. The first-order valence-electron chi connectivity index (χ1n) is 9.73. The van der Waals surface area contributed by atoms with Crippen LogP contribution in [0, 0.1) is 5.92 Å². The minimum Gasteiger partial charge on any atom is -0.378 e. The Morgan fingerprint density at radius 3 is 2.24 bits per heavy atom. The van der Waals surface area contributed by atoms with Crippen LogP contribution in [0.2, 0.25) is 0 Å². The molecule has 0 amide bonds. The molecule has 140 valence electrons. The largest absolute Gasteiger partial charge is 0.378 e. The van der Waals surface area contributed by atoms with Crippen LogP contribution in [-0.4, -0.2) is 18.4 Å². The van der Waals surface area contributed by atoms with Gasteiger partial charge in [-0.25, -0.2) is 0 Å². The molecule has 2 N–H and O–H groups in total. The first-order valence-corrected chi connectivity index (χ1v) is 11.3. The lowest BCUT2D eigenvalue weighted by Crippen LogP contribution is -2.46. The molecule has 0 bridgehead atoms. The van der Waals surface area contributed by atoms with Gasteiger partial charge in [-0.05, 0) is 82.0 Å². The molecule has 1 spiro atoms. The third-order valence-electron chi connectivity index (χ3n) is 5.73. The molecule has 1 aliphatic carbocycles. The monoisotopic (exact) mass is 472 g/mol. The van der Waals surface area contributed by atoms with Crippen molar-refractivity contribution in [2.75, 3.05) is 17.2 Å². The van der Waals surface area contributed by atoms with Crippen LogP contribution in [0.5, 0.6) is 0 Å². The number of fused-ring (bicyclic) bond motifs is 1. The summed E-state index contributed by atoms with van der Waals surface area (Å²) >= 11 is 7.33. The first kappa shape index (κ1) is 19.5. The van der Waals surface area contributed by atoms with Crippen LogP contribution in [0.1, 0.15) is 65.2 Å². The number of hydrogen-bond acceptors (Lipinski definition) is 3. The summed E-state index contributed by atoms with van der Waals surface area (Å²) in [6, 6.07) is 4.18. The van der Waals surface area contributed by atoms with Crippen LogP contribution in [0.4, 0.5) is 11.4 Å². The Morgan fingerprint density at radius 2 is 1.72 bits per heavy atom. The van der Waals surface area contributed by atoms with E-state index in [1.807, 2.05) is 0 Å². The molecule has 25 heavy (non-hydrogen) atoms. The Kier molecular flexibility index (Phi) is 6.72. The van der Waals surface area contributed by atoms with Crippen molar-refractivity contribution < 1.29 is 4.74 Å². The van der Waals surface area contributed by atoms with Crippen LogP contribution in [0.15, 0.2) is 21.1 Å². The zero-order valence-electron chi connectivity index (χ0n) is 15.3. The van der Waals surface area contributed by atoms with E-state index in [0.717, 1.165) is 47.2 Å². The molecular formula is C20H30Br2N2O. The van der Waals surface area contributed by atoms with Gasteiger partial charge in [-0.3, -0.25) is 0 Å². The second kappa shape index (κ2) is 8.62. The average Bonchev–Trinajstić information content (AvgIpc) is 3.01. The van der Waals surface area contributed by atoms with E-state index in [1.165, 1.54) is 37.1 Å². The molecular weight excluding hydrogens is 444 g/mol. The van der Waals surface area contributed by atoms with E-state index in [9.17, 15) is 0 Å². The van der Waals surface area contributed by atoms with Crippen LogP contribution in [-0.2, 0) is 4.74 Å². The van der Waals surface area contributed by atoms with Crippen LogP contribution >= 0.6 is 31.9 Å². The summed E-state index contributed by atoms with van der Waals surface area (Å²) in [4.78, 5) is 0. The molecule has 5 heteroatoms. The van der Waals surface area contributed by atoms with Gasteiger partial charge in [0.1, 0.15) is 5.66 Å². The number of nitrogens with one attached hydrogen (secondary N) is 2. The first-order chi connectivity index (χ1) is 12.1. The van der Waals surface area contributed by atoms with Crippen molar-refractivity contribution in [2.24, 2.45) is 5.92 Å². The van der Waals surface area contributed by atoms with Gasteiger partial charge >= 0.3 is 0 Å². The van der Waals surface area contributed by atoms with Gasteiger partial charge in [0.25, 0.3) is 0 Å². The molecule has 1 heterocycles. The fraction of sp³-hybridized carbons (Fsp3) is 0.700. The molecule has 1 atom stereocenters. The van der Waals surface area contributed by atoms with Crippen molar-refractivity contribution in [2.45, 2.75) is 77.0 Å². The Morgan fingerprint density at radius 1 is 1.12 bits per heavy atom. The van der Waals surface area contributed by atoms with Crippen molar-refractivity contribution in [1.29, 1.82) is 0 Å². The molecule has 1 unspecified atom stereocenters. The number of ether oxygens (including phenoxy) is 1. The summed E-state index contributed by atoms with van der Waals surface area (Å²) in [5.74, 6) is 0.731. The molecule has 0 radical (unpaired) electrons. The maximum absolute atomic E-state index is 6.29. The highest BCUT2D eigenvalue weighted by molar-refractivity contribution is 9.11. The Hall–Kier alpha value is -0.260. The van der Waals surface area contributed by atoms with Gasteiger partial charge in [0.2, 0.25) is 0 Å². The van der Waals surface area contributed by atoms with Crippen LogP contribution < -0.4 is 10.6 Å². The van der Waals surface area contributed by atoms with Crippen molar-refractivity contribution in [3.63, 3.8) is 0 Å². The van der Waals surface area contributed by atoms with E-state index < -0.39 is 0 Å². The van der Waals surface area contributed by atoms with Crippen LogP contribution in [0.25, 0.3) is 0 Å². The van der Waals surface area contributed by atoms with Crippen molar-refractivity contribution in [1.82, 2.24) is 0 Å². The summed E-state index contributed by atoms with van der Waals surface area (Å²) in [7, 11) is 0. The molecule has 1 aliphatic heterocycles. The van der Waals surface area contributed by atoms with Gasteiger partial charge in [-0.2, -0.15) is 0 Å². The number of benzene rings is 1. The third kappa shape index (κ3) is 4.54. The Bertz CT molecular complexity index is 552. The molecule has 1 aromatic rings. The molecule has 0 aromatic heterocycles. The minimum absolute atomic E-state index is 0.0129. The quantitative estimate of drug-likeness (QED) is 0.450. The van der Waals surface area contributed by atoms with Gasteiger partial charge in [-0.15, -0.1) is 0 Å². The zero-order chi connectivity index (χ0) is 17.9. The van der Waals surface area contributed by atoms with Crippen LogP contribution in [0.3, 0.4) is 0 Å². The van der Waals surface area contributed by atoms with Gasteiger partial charge in [0.05, 0.1) is 17.5 Å². The van der Waals surface area contributed by atoms with E-state index in [0.29, 0.717) is 6.10 Å². The summed E-state index contributed by atoms with van der Waals surface area (Å²) in [6.45, 7) is 5.50. The number of rotatable bonds is 7. The molecule has 1 aromatic carbocycles. The smallest absolute Gasteiger partial charge is 0.108 e. The van der Waals surface area contributed by atoms with E-state index >= 15 is 0 Å². The third-order valence-corrected chi connectivity index (χ3v) is 7.05. The molecule has 2 aliphatic rings. The van der Waals surface area contributed by atoms with Crippen molar-refractivity contribution in [3.05, 3.63) is 21.1 Å². The maximum Gasteiger partial charge on any atom is 0.108 e. The van der Waals surface area contributed by atoms with Gasteiger partial charge < -0.3 is 15.4 Å².